The molecule has 1 atom stereocenters. The maximum Gasteiger partial charge on any atom is 0.147 e. The minimum Gasteiger partial charge on any atom is -0.351 e. The van der Waals surface area contributed by atoms with Gasteiger partial charge in [-0.1, -0.05) is 6.92 Å². The highest BCUT2D eigenvalue weighted by atomic mass is 32.2. The molecule has 0 aliphatic carbocycles. The molecule has 1 aromatic heterocycles. The van der Waals surface area contributed by atoms with Crippen molar-refractivity contribution >= 4 is 17.6 Å². The highest BCUT2D eigenvalue weighted by Crippen LogP contribution is 2.21. The van der Waals surface area contributed by atoms with Gasteiger partial charge in [-0.2, -0.15) is 11.8 Å². The molecule has 1 aliphatic heterocycles. The van der Waals surface area contributed by atoms with E-state index < -0.39 is 0 Å². The number of anilines is 1. The van der Waals surface area contributed by atoms with Gasteiger partial charge in [0.05, 0.1) is 18.1 Å². The Morgan fingerprint density at radius 2 is 2.33 bits per heavy atom. The first-order valence-corrected chi connectivity index (χ1v) is 7.82. The van der Waals surface area contributed by atoms with Crippen LogP contribution in [0.3, 0.4) is 0 Å². The largest absolute Gasteiger partial charge is 0.351 e. The van der Waals surface area contributed by atoms with E-state index in [-0.39, 0.29) is 0 Å². The number of nitrogens with one attached hydrogen (secondary N) is 1. The first-order valence-electron chi connectivity index (χ1n) is 6.67. The fraction of sp³-hybridized carbons (Fsp3) is 0.692. The van der Waals surface area contributed by atoms with E-state index in [1.165, 1.54) is 11.5 Å². The van der Waals surface area contributed by atoms with Crippen LogP contribution in [0.15, 0.2) is 12.4 Å². The van der Waals surface area contributed by atoms with Gasteiger partial charge in [0, 0.05) is 30.6 Å². The molecule has 0 spiro atoms. The van der Waals surface area contributed by atoms with E-state index in [0.29, 0.717) is 6.04 Å². The molecule has 1 unspecified atom stereocenters. The molecular weight excluding hydrogens is 244 g/mol. The second-order valence-corrected chi connectivity index (χ2v) is 5.81. The minimum atomic E-state index is 0.558. The summed E-state index contributed by atoms with van der Waals surface area (Å²) in [5.41, 5.74) is 1.02. The second-order valence-electron chi connectivity index (χ2n) is 4.66. The van der Waals surface area contributed by atoms with Crippen molar-refractivity contribution in [3.05, 3.63) is 18.1 Å². The van der Waals surface area contributed by atoms with Crippen molar-refractivity contribution in [2.45, 2.75) is 32.9 Å². The average molecular weight is 266 g/mol. The molecular formula is C13H22N4S. The van der Waals surface area contributed by atoms with Crippen molar-refractivity contribution in [1.82, 2.24) is 15.3 Å². The monoisotopic (exact) mass is 266 g/mol. The van der Waals surface area contributed by atoms with Crippen LogP contribution < -0.4 is 10.2 Å². The summed E-state index contributed by atoms with van der Waals surface area (Å²) in [6, 6.07) is 0.558. The van der Waals surface area contributed by atoms with Crippen molar-refractivity contribution < 1.29 is 0 Å². The van der Waals surface area contributed by atoms with Gasteiger partial charge in [-0.15, -0.1) is 0 Å². The van der Waals surface area contributed by atoms with Gasteiger partial charge < -0.3 is 10.2 Å². The van der Waals surface area contributed by atoms with Crippen LogP contribution in [0.5, 0.6) is 0 Å². The van der Waals surface area contributed by atoms with Gasteiger partial charge in [0.1, 0.15) is 5.82 Å². The Hall–Kier alpha value is -0.810. The van der Waals surface area contributed by atoms with E-state index in [2.05, 4.69) is 34.0 Å². The Morgan fingerprint density at radius 1 is 1.44 bits per heavy atom. The molecule has 0 radical (unpaired) electrons. The summed E-state index contributed by atoms with van der Waals surface area (Å²) in [5.74, 6) is 3.38. The molecule has 2 rings (SSSR count). The first kappa shape index (κ1) is 13.6. The van der Waals surface area contributed by atoms with Crippen LogP contribution in [0.2, 0.25) is 0 Å². The third kappa shape index (κ3) is 3.59. The molecule has 1 fully saturated rings. The van der Waals surface area contributed by atoms with E-state index in [0.717, 1.165) is 37.6 Å². The maximum absolute atomic E-state index is 4.55. The van der Waals surface area contributed by atoms with Crippen LogP contribution in [-0.2, 0) is 6.54 Å². The lowest BCUT2D eigenvalue weighted by Gasteiger charge is -2.33. The number of nitrogens with zero attached hydrogens (tertiary/aromatic N) is 3. The van der Waals surface area contributed by atoms with Crippen molar-refractivity contribution in [3.63, 3.8) is 0 Å². The number of aromatic nitrogens is 2. The molecule has 0 bridgehead atoms. The van der Waals surface area contributed by atoms with E-state index in [4.69, 9.17) is 0 Å². The third-order valence-corrected chi connectivity index (χ3v) is 4.28. The van der Waals surface area contributed by atoms with Crippen molar-refractivity contribution in [3.8, 4) is 0 Å². The predicted octanol–water partition coefficient (Wildman–Crippen LogP) is 1.92. The highest BCUT2D eigenvalue weighted by molar-refractivity contribution is 7.99. The molecule has 0 aromatic carbocycles. The molecule has 0 amide bonds. The van der Waals surface area contributed by atoms with E-state index in [9.17, 15) is 0 Å². The lowest BCUT2D eigenvalue weighted by molar-refractivity contribution is 0.656. The molecule has 0 saturated carbocycles. The van der Waals surface area contributed by atoms with E-state index in [1.807, 2.05) is 24.2 Å². The molecule has 1 N–H and O–H groups in total. The SMILES string of the molecule is CCCNCc1cnc(N2CCSCC2C)cn1. The molecule has 1 saturated heterocycles. The number of thioether (sulfide) groups is 1. The van der Waals surface area contributed by atoms with Gasteiger partial charge in [0.2, 0.25) is 0 Å². The molecule has 4 nitrogen and oxygen atoms in total. The number of hydrogen-bond acceptors (Lipinski definition) is 5. The summed E-state index contributed by atoms with van der Waals surface area (Å²) < 4.78 is 0. The Bertz CT molecular complexity index is 355. The lowest BCUT2D eigenvalue weighted by Crippen LogP contribution is -2.41. The fourth-order valence-electron chi connectivity index (χ4n) is 2.05. The number of rotatable bonds is 5. The van der Waals surface area contributed by atoms with E-state index in [1.54, 1.807) is 0 Å². The van der Waals surface area contributed by atoms with Crippen molar-refractivity contribution in [1.29, 1.82) is 0 Å². The zero-order chi connectivity index (χ0) is 12.8. The van der Waals surface area contributed by atoms with Crippen LogP contribution in [0.4, 0.5) is 5.82 Å². The molecule has 18 heavy (non-hydrogen) atoms. The van der Waals surface area contributed by atoms with Gasteiger partial charge >= 0.3 is 0 Å². The normalized spacial score (nSPS) is 20.1. The van der Waals surface area contributed by atoms with Crippen molar-refractivity contribution in [2.24, 2.45) is 0 Å². The summed E-state index contributed by atoms with van der Waals surface area (Å²) >= 11 is 2.02. The van der Waals surface area contributed by atoms with Gasteiger partial charge in [0.25, 0.3) is 0 Å². The molecule has 1 aromatic rings. The number of hydrogen-bond donors (Lipinski definition) is 1. The topological polar surface area (TPSA) is 41.1 Å². The van der Waals surface area contributed by atoms with Gasteiger partial charge in [-0.3, -0.25) is 4.98 Å². The molecule has 1 aliphatic rings. The van der Waals surface area contributed by atoms with Crippen molar-refractivity contribution in [2.75, 3.05) is 29.5 Å². The van der Waals surface area contributed by atoms with Gasteiger partial charge in [0.15, 0.2) is 0 Å². The summed E-state index contributed by atoms with van der Waals surface area (Å²) in [6.45, 7) is 7.34. The molecule has 2 heterocycles. The predicted molar refractivity (Wildman–Crippen MR) is 78.2 cm³/mol. The molecule has 5 heteroatoms. The second kappa shape index (κ2) is 6.95. The quantitative estimate of drug-likeness (QED) is 0.825. The average Bonchev–Trinajstić information content (AvgIpc) is 2.41. The fourth-order valence-corrected chi connectivity index (χ4v) is 3.06. The Labute approximate surface area is 114 Å². The minimum absolute atomic E-state index is 0.558. The van der Waals surface area contributed by atoms with Crippen LogP contribution in [0.1, 0.15) is 26.0 Å². The third-order valence-electron chi connectivity index (χ3n) is 3.09. The van der Waals surface area contributed by atoms with Crippen LogP contribution in [0, 0.1) is 0 Å². The Morgan fingerprint density at radius 3 is 3.00 bits per heavy atom. The van der Waals surface area contributed by atoms with Crippen LogP contribution >= 0.6 is 11.8 Å². The first-order chi connectivity index (χ1) is 8.81. The Balaban J connectivity index is 1.94. The summed E-state index contributed by atoms with van der Waals surface area (Å²) in [4.78, 5) is 11.4. The summed E-state index contributed by atoms with van der Waals surface area (Å²) in [7, 11) is 0. The zero-order valence-electron chi connectivity index (χ0n) is 11.2. The van der Waals surface area contributed by atoms with E-state index >= 15 is 0 Å². The van der Waals surface area contributed by atoms with Gasteiger partial charge in [-0.05, 0) is 19.9 Å². The lowest BCUT2D eigenvalue weighted by atomic mass is 10.3. The van der Waals surface area contributed by atoms with Crippen LogP contribution in [-0.4, -0.2) is 40.6 Å². The zero-order valence-corrected chi connectivity index (χ0v) is 12.0. The standard InChI is InChI=1S/C13H22N4S/c1-3-4-14-7-12-8-16-13(9-15-12)17-5-6-18-10-11(17)2/h8-9,11,14H,3-7,10H2,1-2H3. The highest BCUT2D eigenvalue weighted by Gasteiger charge is 2.19. The van der Waals surface area contributed by atoms with Crippen LogP contribution in [0.25, 0.3) is 0 Å². The smallest absolute Gasteiger partial charge is 0.147 e. The van der Waals surface area contributed by atoms with Gasteiger partial charge in [-0.25, -0.2) is 4.98 Å². The Kier molecular flexibility index (Phi) is 5.26. The summed E-state index contributed by atoms with van der Waals surface area (Å²) in [5, 5.41) is 3.34. The molecule has 100 valence electrons. The maximum atomic E-state index is 4.55. The summed E-state index contributed by atoms with van der Waals surface area (Å²) in [6.07, 6.45) is 4.95.